The molecule has 0 heterocycles. The van der Waals surface area contributed by atoms with Gasteiger partial charge in [-0.1, -0.05) is 0 Å². The second-order valence-corrected chi connectivity index (χ2v) is 2.69. The summed E-state index contributed by atoms with van der Waals surface area (Å²) < 4.78 is 25.3. The van der Waals surface area contributed by atoms with Crippen molar-refractivity contribution in [2.24, 2.45) is 0 Å². The highest BCUT2D eigenvalue weighted by Crippen LogP contribution is 2.11. The maximum absolute atomic E-state index is 8.44. The highest BCUT2D eigenvalue weighted by Gasteiger charge is 1.86. The van der Waals surface area contributed by atoms with E-state index in [1.165, 1.54) is 0 Å². The van der Waals surface area contributed by atoms with Crippen molar-refractivity contribution in [1.29, 1.82) is 0 Å². The molecule has 5 nitrogen and oxygen atoms in total. The number of hydrogen-bond acceptors (Lipinski definition) is 5. The fourth-order valence-corrected chi connectivity index (χ4v) is 0.804. The molecule has 0 saturated carbocycles. The molecule has 6 heteroatoms. The Labute approximate surface area is 84.2 Å². The van der Waals surface area contributed by atoms with Crippen LogP contribution in [0.3, 0.4) is 0 Å². The van der Waals surface area contributed by atoms with Gasteiger partial charge in [0, 0.05) is 25.5 Å². The van der Waals surface area contributed by atoms with Gasteiger partial charge in [0.15, 0.2) is 0 Å². The topological polar surface area (TPSA) is 75.3 Å². The summed E-state index contributed by atoms with van der Waals surface area (Å²) in [5.41, 5.74) is 2.28. The van der Waals surface area contributed by atoms with E-state index >= 15 is 0 Å². The minimum atomic E-state index is -3.11. The van der Waals surface area contributed by atoms with Gasteiger partial charge < -0.3 is 10.6 Å². The molecule has 0 bridgehead atoms. The van der Waals surface area contributed by atoms with Gasteiger partial charge in [0.25, 0.3) is 0 Å². The van der Waals surface area contributed by atoms with Crippen LogP contribution in [-0.2, 0) is 10.6 Å². The molecular weight excluding hydrogens is 204 g/mol. The zero-order valence-electron chi connectivity index (χ0n) is 7.94. The van der Waals surface area contributed by atoms with Crippen LogP contribution in [0.25, 0.3) is 0 Å². The molecule has 0 unspecified atom stereocenters. The van der Waals surface area contributed by atoms with Gasteiger partial charge in [-0.25, -0.2) is 0 Å². The molecule has 0 fully saturated rings. The molecule has 0 aromatic heterocycles. The molecule has 0 amide bonds. The van der Waals surface area contributed by atoms with Crippen LogP contribution in [0, 0.1) is 0 Å². The molecule has 1 aromatic rings. The molecule has 1 aromatic carbocycles. The zero-order valence-corrected chi connectivity index (χ0v) is 8.76. The maximum Gasteiger partial charge on any atom is 0.425 e. The predicted molar refractivity (Wildman–Crippen MR) is 55.2 cm³/mol. The van der Waals surface area contributed by atoms with Crippen molar-refractivity contribution in [1.82, 2.24) is 0 Å². The first-order valence-corrected chi connectivity index (χ1v) is 4.82. The Balaban J connectivity index is 0.000000364. The fraction of sp³-hybridized carbons (Fsp3) is 0.250. The van der Waals surface area contributed by atoms with Crippen LogP contribution in [0.4, 0.5) is 11.4 Å². The molecule has 0 aliphatic heterocycles. The van der Waals surface area contributed by atoms with Crippen molar-refractivity contribution >= 4 is 22.0 Å². The van der Waals surface area contributed by atoms with E-state index in [0.717, 1.165) is 11.4 Å². The van der Waals surface area contributed by atoms with Crippen LogP contribution in [-0.4, -0.2) is 26.7 Å². The van der Waals surface area contributed by atoms with Gasteiger partial charge >= 0.3 is 10.6 Å². The molecule has 14 heavy (non-hydrogen) atoms. The van der Waals surface area contributed by atoms with Crippen molar-refractivity contribution in [2.75, 3.05) is 24.7 Å². The lowest BCUT2D eigenvalue weighted by atomic mass is 10.3. The molecule has 0 aliphatic rings. The molecule has 0 spiro atoms. The Kier molecular flexibility index (Phi) is 6.13. The molecule has 2 N–H and O–H groups in total. The molecule has 0 aliphatic carbocycles. The largest absolute Gasteiger partial charge is 0.425 e. The molecule has 0 atom stereocenters. The van der Waals surface area contributed by atoms with Gasteiger partial charge in [-0.3, -0.25) is 0 Å². The lowest BCUT2D eigenvalue weighted by Crippen LogP contribution is -1.89. The predicted octanol–water partition coefficient (Wildman–Crippen LogP) is 0.766. The van der Waals surface area contributed by atoms with Crippen molar-refractivity contribution in [3.05, 3.63) is 24.3 Å². The van der Waals surface area contributed by atoms with Crippen LogP contribution in [0.5, 0.6) is 0 Å². The average molecular weight is 216 g/mol. The van der Waals surface area contributed by atoms with E-state index in [4.69, 9.17) is 12.6 Å². The first-order chi connectivity index (χ1) is 6.60. The number of benzene rings is 1. The second kappa shape index (κ2) is 6.90. The Morgan fingerprint density at radius 3 is 1.21 bits per heavy atom. The van der Waals surface area contributed by atoms with Crippen LogP contribution in [0.15, 0.2) is 24.3 Å². The monoisotopic (exact) mass is 216 g/mol. The zero-order chi connectivity index (χ0) is 11.0. The summed E-state index contributed by atoms with van der Waals surface area (Å²) in [5.74, 6) is 0. The lowest BCUT2D eigenvalue weighted by molar-refractivity contribution is 0.559. The number of rotatable bonds is 2. The minimum absolute atomic E-state index is 1.14. The maximum atomic E-state index is 8.44. The van der Waals surface area contributed by atoms with Crippen molar-refractivity contribution in [3.63, 3.8) is 0 Å². The van der Waals surface area contributed by atoms with Gasteiger partial charge in [-0.15, -0.1) is 12.6 Å². The highest BCUT2D eigenvalue weighted by molar-refractivity contribution is 7.59. The van der Waals surface area contributed by atoms with Gasteiger partial charge in [-0.05, 0) is 24.3 Å². The lowest BCUT2D eigenvalue weighted by Gasteiger charge is -2.01. The summed E-state index contributed by atoms with van der Waals surface area (Å²) in [5, 5.41) is 6.10. The van der Waals surface area contributed by atoms with Crippen LogP contribution >= 0.6 is 0 Å². The van der Waals surface area contributed by atoms with Gasteiger partial charge in [-0.2, -0.15) is 0 Å². The first kappa shape index (κ1) is 12.4. The van der Waals surface area contributed by atoms with E-state index in [1.54, 1.807) is 0 Å². The molecule has 0 saturated heterocycles. The van der Waals surface area contributed by atoms with Gasteiger partial charge in [0.2, 0.25) is 0 Å². The quantitative estimate of drug-likeness (QED) is 0.763. The van der Waals surface area contributed by atoms with E-state index in [0.29, 0.717) is 0 Å². The number of nitrogens with one attached hydrogen (secondary N) is 2. The summed E-state index contributed by atoms with van der Waals surface area (Å²) >= 11 is 0. The van der Waals surface area contributed by atoms with Crippen molar-refractivity contribution < 1.29 is 12.6 Å². The third-order valence-electron chi connectivity index (χ3n) is 1.46. The average Bonchev–Trinajstić information content (AvgIpc) is 2.17. The Morgan fingerprint density at radius 2 is 1.07 bits per heavy atom. The number of hydrogen-bond donors (Lipinski definition) is 2. The number of anilines is 2. The summed E-state index contributed by atoms with van der Waals surface area (Å²) in [6, 6.07) is 8.13. The van der Waals surface area contributed by atoms with Gasteiger partial charge in [0.1, 0.15) is 0 Å². The van der Waals surface area contributed by atoms with E-state index < -0.39 is 10.6 Å². The Morgan fingerprint density at radius 1 is 0.857 bits per heavy atom. The second-order valence-electron chi connectivity index (χ2n) is 2.28. The molecule has 78 valence electrons. The SMILES string of the molecule is CNc1ccc(NC)cc1.O=S(=O)=O. The van der Waals surface area contributed by atoms with Crippen molar-refractivity contribution in [2.45, 2.75) is 0 Å². The highest BCUT2D eigenvalue weighted by atomic mass is 32.2. The molecular formula is C8H12N2O3S. The summed E-state index contributed by atoms with van der Waals surface area (Å²) in [6.07, 6.45) is 0. The van der Waals surface area contributed by atoms with Crippen LogP contribution < -0.4 is 10.6 Å². The first-order valence-electron chi connectivity index (χ1n) is 3.82. The third-order valence-corrected chi connectivity index (χ3v) is 1.46. The normalized spacial score (nSPS) is 8.14. The van der Waals surface area contributed by atoms with E-state index in [9.17, 15) is 0 Å². The van der Waals surface area contributed by atoms with E-state index in [2.05, 4.69) is 10.6 Å². The van der Waals surface area contributed by atoms with Crippen LogP contribution in [0.1, 0.15) is 0 Å². The fourth-order valence-electron chi connectivity index (χ4n) is 0.804. The smallest absolute Gasteiger partial charge is 0.388 e. The third kappa shape index (κ3) is 6.01. The summed E-state index contributed by atoms with van der Waals surface area (Å²) in [6.45, 7) is 0. The van der Waals surface area contributed by atoms with Crippen LogP contribution in [0.2, 0.25) is 0 Å². The summed E-state index contributed by atoms with van der Waals surface area (Å²) in [7, 11) is 0.711. The molecule has 0 radical (unpaired) electrons. The minimum Gasteiger partial charge on any atom is -0.388 e. The van der Waals surface area contributed by atoms with E-state index in [1.807, 2.05) is 38.4 Å². The summed E-state index contributed by atoms with van der Waals surface area (Å²) in [4.78, 5) is 0. The van der Waals surface area contributed by atoms with E-state index in [-0.39, 0.29) is 0 Å². The Bertz CT molecular complexity index is 327. The molecule has 1 rings (SSSR count). The van der Waals surface area contributed by atoms with Crippen molar-refractivity contribution in [3.8, 4) is 0 Å². The standard InChI is InChI=1S/C8H12N2.O3S/c1-9-7-3-5-8(10-2)6-4-7;1-4(2)3/h3-6,9-10H,1-2H3;. The Hall–Kier alpha value is -1.56. The van der Waals surface area contributed by atoms with Gasteiger partial charge in [0.05, 0.1) is 0 Å².